The van der Waals surface area contributed by atoms with Gasteiger partial charge in [-0.1, -0.05) is 6.07 Å². The molecule has 0 saturated heterocycles. The smallest absolute Gasteiger partial charge is 0.336 e. The van der Waals surface area contributed by atoms with Gasteiger partial charge in [0.1, 0.15) is 0 Å². The lowest BCUT2D eigenvalue weighted by Gasteiger charge is -2.08. The van der Waals surface area contributed by atoms with Crippen molar-refractivity contribution in [1.82, 2.24) is 4.98 Å². The van der Waals surface area contributed by atoms with Crippen LogP contribution in [0.25, 0.3) is 0 Å². The van der Waals surface area contributed by atoms with Gasteiger partial charge in [0.2, 0.25) is 5.91 Å². The topological polar surface area (TPSA) is 79.3 Å². The second-order valence-corrected chi connectivity index (χ2v) is 4.74. The Morgan fingerprint density at radius 2 is 1.90 bits per heavy atom. The number of hydrogen-bond acceptors (Lipinski definition) is 3. The van der Waals surface area contributed by atoms with Gasteiger partial charge >= 0.3 is 5.97 Å². The van der Waals surface area contributed by atoms with Crippen molar-refractivity contribution in [3.63, 3.8) is 0 Å². The Kier molecular flexibility index (Phi) is 4.66. The summed E-state index contributed by atoms with van der Waals surface area (Å²) in [5.74, 6) is -1.15. The van der Waals surface area contributed by atoms with Gasteiger partial charge in [0.05, 0.1) is 5.56 Å². The monoisotopic (exact) mass is 284 g/mol. The minimum absolute atomic E-state index is 0.146. The summed E-state index contributed by atoms with van der Waals surface area (Å²) in [7, 11) is 0. The number of carboxylic acids is 1. The third-order valence-electron chi connectivity index (χ3n) is 3.14. The first-order chi connectivity index (χ1) is 10.1. The first-order valence-electron chi connectivity index (χ1n) is 6.59. The molecule has 0 bridgehead atoms. The van der Waals surface area contributed by atoms with Crippen molar-refractivity contribution in [3.05, 3.63) is 59.4 Å². The molecule has 0 spiro atoms. The van der Waals surface area contributed by atoms with E-state index in [1.807, 2.05) is 12.1 Å². The Morgan fingerprint density at radius 3 is 2.57 bits per heavy atom. The van der Waals surface area contributed by atoms with Gasteiger partial charge in [-0.05, 0) is 48.7 Å². The Bertz CT molecular complexity index is 654. The predicted octanol–water partition coefficient (Wildman–Crippen LogP) is 2.66. The number of hydrogen-bond donors (Lipinski definition) is 2. The maximum atomic E-state index is 11.9. The van der Waals surface area contributed by atoms with Crippen LogP contribution in [0.3, 0.4) is 0 Å². The van der Waals surface area contributed by atoms with Gasteiger partial charge in [-0.25, -0.2) is 4.79 Å². The normalized spacial score (nSPS) is 10.1. The van der Waals surface area contributed by atoms with Crippen LogP contribution in [0.15, 0.2) is 42.7 Å². The van der Waals surface area contributed by atoms with E-state index in [2.05, 4.69) is 10.3 Å². The van der Waals surface area contributed by atoms with Crippen molar-refractivity contribution in [2.45, 2.75) is 19.8 Å². The number of rotatable bonds is 5. The average molecular weight is 284 g/mol. The largest absolute Gasteiger partial charge is 0.478 e. The Labute approximate surface area is 122 Å². The fourth-order valence-electron chi connectivity index (χ4n) is 1.96. The number of amides is 1. The van der Waals surface area contributed by atoms with Crippen molar-refractivity contribution in [2.24, 2.45) is 0 Å². The second kappa shape index (κ2) is 6.65. The lowest BCUT2D eigenvalue weighted by atomic mass is 10.1. The van der Waals surface area contributed by atoms with Crippen LogP contribution in [0.4, 0.5) is 5.69 Å². The molecule has 0 atom stereocenters. The summed E-state index contributed by atoms with van der Waals surface area (Å²) < 4.78 is 0. The molecule has 1 amide bonds. The number of nitrogens with one attached hydrogen (secondary N) is 1. The Balaban J connectivity index is 1.97. The fourth-order valence-corrected chi connectivity index (χ4v) is 1.96. The molecule has 2 N–H and O–H groups in total. The van der Waals surface area contributed by atoms with Gasteiger partial charge in [0.25, 0.3) is 0 Å². The molecule has 2 aromatic rings. The molecule has 2 rings (SSSR count). The number of aromatic nitrogens is 1. The molecule has 0 aliphatic rings. The SMILES string of the molecule is Cc1ccc(NC(=O)CCc2ccncc2)cc1C(=O)O. The molecule has 21 heavy (non-hydrogen) atoms. The summed E-state index contributed by atoms with van der Waals surface area (Å²) in [6.07, 6.45) is 4.32. The lowest BCUT2D eigenvalue weighted by Crippen LogP contribution is -2.13. The van der Waals surface area contributed by atoms with E-state index in [0.29, 0.717) is 24.1 Å². The molecular formula is C16H16N2O3. The molecule has 5 heteroatoms. The summed E-state index contributed by atoms with van der Waals surface area (Å²) in [5, 5.41) is 11.8. The molecule has 1 aromatic heterocycles. The highest BCUT2D eigenvalue weighted by Gasteiger charge is 2.09. The number of aryl methyl sites for hydroxylation is 2. The van der Waals surface area contributed by atoms with E-state index in [9.17, 15) is 9.59 Å². The molecular weight excluding hydrogens is 268 g/mol. The van der Waals surface area contributed by atoms with E-state index in [0.717, 1.165) is 5.56 Å². The highest BCUT2D eigenvalue weighted by atomic mass is 16.4. The van der Waals surface area contributed by atoms with Crippen molar-refractivity contribution < 1.29 is 14.7 Å². The molecule has 5 nitrogen and oxygen atoms in total. The zero-order valence-electron chi connectivity index (χ0n) is 11.7. The van der Waals surface area contributed by atoms with Crippen LogP contribution in [0.1, 0.15) is 27.9 Å². The Hall–Kier alpha value is -2.69. The quantitative estimate of drug-likeness (QED) is 0.884. The van der Waals surface area contributed by atoms with E-state index in [-0.39, 0.29) is 11.5 Å². The number of nitrogens with zero attached hydrogens (tertiary/aromatic N) is 1. The van der Waals surface area contributed by atoms with Gasteiger partial charge in [-0.15, -0.1) is 0 Å². The lowest BCUT2D eigenvalue weighted by molar-refractivity contribution is -0.116. The number of anilines is 1. The number of pyridine rings is 1. The molecule has 1 heterocycles. The van der Waals surface area contributed by atoms with Crippen molar-refractivity contribution in [1.29, 1.82) is 0 Å². The highest BCUT2D eigenvalue weighted by Crippen LogP contribution is 2.16. The summed E-state index contributed by atoms with van der Waals surface area (Å²) in [4.78, 5) is 26.8. The molecule has 0 radical (unpaired) electrons. The summed E-state index contributed by atoms with van der Waals surface area (Å²) in [6, 6.07) is 8.58. The average Bonchev–Trinajstić information content (AvgIpc) is 2.48. The molecule has 0 aliphatic heterocycles. The van der Waals surface area contributed by atoms with Crippen LogP contribution in [0, 0.1) is 6.92 Å². The summed E-state index contributed by atoms with van der Waals surface area (Å²) >= 11 is 0. The van der Waals surface area contributed by atoms with E-state index >= 15 is 0 Å². The van der Waals surface area contributed by atoms with Crippen molar-refractivity contribution >= 4 is 17.6 Å². The molecule has 0 aliphatic carbocycles. The minimum atomic E-state index is -1.000. The van der Waals surface area contributed by atoms with E-state index in [1.54, 1.807) is 31.5 Å². The van der Waals surface area contributed by atoms with Crippen molar-refractivity contribution in [3.8, 4) is 0 Å². The fraction of sp³-hybridized carbons (Fsp3) is 0.188. The number of aromatic carboxylic acids is 1. The molecule has 1 aromatic carbocycles. The summed E-state index contributed by atoms with van der Waals surface area (Å²) in [6.45, 7) is 1.72. The maximum Gasteiger partial charge on any atom is 0.336 e. The maximum absolute atomic E-state index is 11.9. The van der Waals surface area contributed by atoms with E-state index in [1.165, 1.54) is 6.07 Å². The van der Waals surface area contributed by atoms with Crippen LogP contribution in [0.2, 0.25) is 0 Å². The van der Waals surface area contributed by atoms with E-state index in [4.69, 9.17) is 5.11 Å². The minimum Gasteiger partial charge on any atom is -0.478 e. The van der Waals surface area contributed by atoms with Gasteiger partial charge in [-0.2, -0.15) is 0 Å². The van der Waals surface area contributed by atoms with Crippen LogP contribution < -0.4 is 5.32 Å². The predicted molar refractivity (Wildman–Crippen MR) is 79.3 cm³/mol. The standard InChI is InChI=1S/C16H16N2O3/c1-11-2-4-13(10-14(11)16(20)21)18-15(19)5-3-12-6-8-17-9-7-12/h2,4,6-10H,3,5H2,1H3,(H,18,19)(H,20,21). The van der Waals surface area contributed by atoms with Crippen LogP contribution in [0.5, 0.6) is 0 Å². The third kappa shape index (κ3) is 4.14. The van der Waals surface area contributed by atoms with Crippen LogP contribution in [-0.4, -0.2) is 22.0 Å². The number of benzene rings is 1. The molecule has 0 saturated carbocycles. The molecule has 0 fully saturated rings. The van der Waals surface area contributed by atoms with Gasteiger partial charge in [-0.3, -0.25) is 9.78 Å². The molecule has 108 valence electrons. The first-order valence-corrected chi connectivity index (χ1v) is 6.59. The number of carbonyl (C=O) groups is 2. The highest BCUT2D eigenvalue weighted by molar-refractivity contribution is 5.94. The van der Waals surface area contributed by atoms with Gasteiger partial charge in [0, 0.05) is 24.5 Å². The summed E-state index contributed by atoms with van der Waals surface area (Å²) in [5.41, 5.74) is 2.40. The van der Waals surface area contributed by atoms with Crippen molar-refractivity contribution in [2.75, 3.05) is 5.32 Å². The second-order valence-electron chi connectivity index (χ2n) is 4.74. The van der Waals surface area contributed by atoms with E-state index < -0.39 is 5.97 Å². The van der Waals surface area contributed by atoms with Gasteiger partial charge in [0.15, 0.2) is 0 Å². The zero-order chi connectivity index (χ0) is 15.2. The van der Waals surface area contributed by atoms with Gasteiger partial charge < -0.3 is 10.4 Å². The van der Waals surface area contributed by atoms with Crippen LogP contribution >= 0.6 is 0 Å². The van der Waals surface area contributed by atoms with Crippen LogP contribution in [-0.2, 0) is 11.2 Å². The zero-order valence-corrected chi connectivity index (χ0v) is 11.7. The number of carbonyl (C=O) groups excluding carboxylic acids is 1. The molecule has 0 unspecified atom stereocenters. The Morgan fingerprint density at radius 1 is 1.19 bits per heavy atom. The first kappa shape index (κ1) is 14.7. The third-order valence-corrected chi connectivity index (χ3v) is 3.14. The number of carboxylic acid groups (broad SMARTS) is 1.